The zero-order chi connectivity index (χ0) is 11.1. The van der Waals surface area contributed by atoms with Crippen LogP contribution in [-0.4, -0.2) is 18.2 Å². The Balaban J connectivity index is 3.91. The summed E-state index contributed by atoms with van der Waals surface area (Å²) in [4.78, 5) is 11.3. The van der Waals surface area contributed by atoms with E-state index in [2.05, 4.69) is 19.2 Å². The second kappa shape index (κ2) is 6.68. The molecule has 3 heteroatoms. The molecule has 0 aliphatic rings. The van der Waals surface area contributed by atoms with Crippen LogP contribution in [0.3, 0.4) is 0 Å². The smallest absolute Gasteiger partial charge is 0.407 e. The lowest BCUT2D eigenvalue weighted by Crippen LogP contribution is -2.39. The Kier molecular flexibility index (Phi) is 6.34. The van der Waals surface area contributed by atoms with E-state index in [4.69, 9.17) is 4.74 Å². The number of amides is 1. The van der Waals surface area contributed by atoms with Gasteiger partial charge in [-0.2, -0.15) is 0 Å². The van der Waals surface area contributed by atoms with E-state index < -0.39 is 0 Å². The quantitative estimate of drug-likeness (QED) is 0.742. The van der Waals surface area contributed by atoms with Crippen molar-refractivity contribution in [2.24, 2.45) is 5.92 Å². The van der Waals surface area contributed by atoms with Crippen LogP contribution in [0.2, 0.25) is 0 Å². The normalized spacial score (nSPS) is 13.1. The van der Waals surface area contributed by atoms with Crippen LogP contribution in [0.5, 0.6) is 0 Å². The van der Waals surface area contributed by atoms with E-state index in [1.807, 2.05) is 20.8 Å². The maximum Gasteiger partial charge on any atom is 0.407 e. The summed E-state index contributed by atoms with van der Waals surface area (Å²) < 4.78 is 5.01. The van der Waals surface area contributed by atoms with Crippen LogP contribution >= 0.6 is 0 Å². The van der Waals surface area contributed by atoms with Crippen LogP contribution in [0, 0.1) is 5.92 Å². The Bertz CT molecular complexity index is 165. The highest BCUT2D eigenvalue weighted by molar-refractivity contribution is 5.67. The molecule has 0 aromatic carbocycles. The van der Waals surface area contributed by atoms with Gasteiger partial charge in [0.15, 0.2) is 0 Å². The molecule has 14 heavy (non-hydrogen) atoms. The van der Waals surface area contributed by atoms with Gasteiger partial charge in [0.2, 0.25) is 0 Å². The summed E-state index contributed by atoms with van der Waals surface area (Å²) in [7, 11) is 0. The summed E-state index contributed by atoms with van der Waals surface area (Å²) in [5.74, 6) is 0.537. The summed E-state index contributed by atoms with van der Waals surface area (Å²) in [6.45, 7) is 10.0. The first-order chi connectivity index (χ1) is 6.51. The zero-order valence-electron chi connectivity index (χ0n) is 9.96. The average molecular weight is 201 g/mol. The lowest BCUT2D eigenvalue weighted by molar-refractivity contribution is 0.109. The molecule has 3 nitrogen and oxygen atoms in total. The fourth-order valence-corrected chi connectivity index (χ4v) is 1.55. The number of carbonyl (C=O) groups is 1. The number of nitrogens with one attached hydrogen (secondary N) is 1. The van der Waals surface area contributed by atoms with Gasteiger partial charge in [-0.25, -0.2) is 4.79 Å². The summed E-state index contributed by atoms with van der Waals surface area (Å²) in [5.41, 5.74) is 0. The maximum atomic E-state index is 11.3. The number of ether oxygens (including phenoxy) is 1. The van der Waals surface area contributed by atoms with E-state index in [1.165, 1.54) is 0 Å². The van der Waals surface area contributed by atoms with E-state index in [0.717, 1.165) is 12.8 Å². The number of carbonyl (C=O) groups excluding carboxylic acids is 1. The van der Waals surface area contributed by atoms with Crippen molar-refractivity contribution in [3.8, 4) is 0 Å². The maximum absolute atomic E-state index is 11.3. The van der Waals surface area contributed by atoms with Crippen LogP contribution in [0.15, 0.2) is 0 Å². The topological polar surface area (TPSA) is 38.3 Å². The number of alkyl carbamates (subject to hydrolysis) is 1. The minimum absolute atomic E-state index is 0.0519. The second-order valence-corrected chi connectivity index (χ2v) is 3.96. The highest BCUT2D eigenvalue weighted by Crippen LogP contribution is 2.12. The summed E-state index contributed by atoms with van der Waals surface area (Å²) >= 11 is 0. The SMILES string of the molecule is CCC(CC)C(C)NC(=O)OC(C)C. The van der Waals surface area contributed by atoms with Gasteiger partial charge >= 0.3 is 6.09 Å². The molecule has 0 aliphatic heterocycles. The van der Waals surface area contributed by atoms with Crippen molar-refractivity contribution < 1.29 is 9.53 Å². The summed E-state index contributed by atoms with van der Waals surface area (Å²) in [5, 5.41) is 2.85. The summed E-state index contributed by atoms with van der Waals surface area (Å²) in [6, 6.07) is 0.191. The molecule has 0 aromatic heterocycles. The minimum Gasteiger partial charge on any atom is -0.447 e. The van der Waals surface area contributed by atoms with Gasteiger partial charge in [0.25, 0.3) is 0 Å². The van der Waals surface area contributed by atoms with Gasteiger partial charge in [0.1, 0.15) is 0 Å². The molecule has 0 aliphatic carbocycles. The monoisotopic (exact) mass is 201 g/mol. The first-order valence-corrected chi connectivity index (χ1v) is 5.48. The second-order valence-electron chi connectivity index (χ2n) is 3.96. The van der Waals surface area contributed by atoms with E-state index in [1.54, 1.807) is 0 Å². The highest BCUT2D eigenvalue weighted by Gasteiger charge is 2.16. The summed E-state index contributed by atoms with van der Waals surface area (Å²) in [6.07, 6.45) is 1.81. The van der Waals surface area contributed by atoms with Crippen LogP contribution < -0.4 is 5.32 Å². The van der Waals surface area contributed by atoms with E-state index in [0.29, 0.717) is 5.92 Å². The van der Waals surface area contributed by atoms with Gasteiger partial charge in [0, 0.05) is 6.04 Å². The van der Waals surface area contributed by atoms with Crippen molar-refractivity contribution in [2.75, 3.05) is 0 Å². The van der Waals surface area contributed by atoms with Gasteiger partial charge in [0.05, 0.1) is 6.10 Å². The Labute approximate surface area is 87.2 Å². The molecule has 0 bridgehead atoms. The predicted octanol–water partition coefficient (Wildman–Crippen LogP) is 2.95. The molecule has 0 spiro atoms. The largest absolute Gasteiger partial charge is 0.447 e. The van der Waals surface area contributed by atoms with E-state index in [9.17, 15) is 4.79 Å². The van der Waals surface area contributed by atoms with Crippen molar-refractivity contribution in [3.63, 3.8) is 0 Å². The fraction of sp³-hybridized carbons (Fsp3) is 0.909. The molecule has 0 rings (SSSR count). The molecule has 1 N–H and O–H groups in total. The third-order valence-corrected chi connectivity index (χ3v) is 2.44. The van der Waals surface area contributed by atoms with E-state index in [-0.39, 0.29) is 18.2 Å². The molecular formula is C11H23NO2. The van der Waals surface area contributed by atoms with Gasteiger partial charge in [-0.3, -0.25) is 0 Å². The van der Waals surface area contributed by atoms with Crippen LogP contribution in [0.25, 0.3) is 0 Å². The molecule has 1 unspecified atom stereocenters. The molecule has 0 saturated carbocycles. The first-order valence-electron chi connectivity index (χ1n) is 5.48. The average Bonchev–Trinajstić information content (AvgIpc) is 2.04. The highest BCUT2D eigenvalue weighted by atomic mass is 16.6. The molecule has 0 saturated heterocycles. The van der Waals surface area contributed by atoms with Crippen LogP contribution in [-0.2, 0) is 4.74 Å². The lowest BCUT2D eigenvalue weighted by atomic mass is 9.96. The number of rotatable bonds is 5. The van der Waals surface area contributed by atoms with Crippen molar-refractivity contribution in [3.05, 3.63) is 0 Å². The standard InChI is InChI=1S/C11H23NO2/c1-6-10(7-2)9(5)12-11(13)14-8(3)4/h8-10H,6-7H2,1-5H3,(H,12,13). The molecule has 1 atom stereocenters. The number of hydrogen-bond acceptors (Lipinski definition) is 2. The Morgan fingerprint density at radius 1 is 1.21 bits per heavy atom. The van der Waals surface area contributed by atoms with E-state index >= 15 is 0 Å². The van der Waals surface area contributed by atoms with Gasteiger partial charge < -0.3 is 10.1 Å². The van der Waals surface area contributed by atoms with Crippen LogP contribution in [0.1, 0.15) is 47.5 Å². The Morgan fingerprint density at radius 2 is 1.71 bits per heavy atom. The van der Waals surface area contributed by atoms with Crippen molar-refractivity contribution in [1.82, 2.24) is 5.32 Å². The van der Waals surface area contributed by atoms with Crippen LogP contribution in [0.4, 0.5) is 4.79 Å². The molecule has 0 aromatic rings. The van der Waals surface area contributed by atoms with Gasteiger partial charge in [-0.15, -0.1) is 0 Å². The first kappa shape index (κ1) is 13.3. The lowest BCUT2D eigenvalue weighted by Gasteiger charge is -2.22. The molecule has 84 valence electrons. The molecule has 0 fully saturated rings. The van der Waals surface area contributed by atoms with Crippen molar-refractivity contribution >= 4 is 6.09 Å². The molecular weight excluding hydrogens is 178 g/mol. The van der Waals surface area contributed by atoms with Crippen molar-refractivity contribution in [2.45, 2.75) is 59.6 Å². The Hall–Kier alpha value is -0.730. The number of hydrogen-bond donors (Lipinski definition) is 1. The third kappa shape index (κ3) is 5.10. The van der Waals surface area contributed by atoms with Gasteiger partial charge in [-0.05, 0) is 26.7 Å². The Morgan fingerprint density at radius 3 is 2.07 bits per heavy atom. The fourth-order valence-electron chi connectivity index (χ4n) is 1.55. The third-order valence-electron chi connectivity index (χ3n) is 2.44. The molecule has 1 amide bonds. The minimum atomic E-state index is -0.306. The van der Waals surface area contributed by atoms with Gasteiger partial charge in [-0.1, -0.05) is 26.7 Å². The predicted molar refractivity (Wildman–Crippen MR) is 58.3 cm³/mol. The molecule has 0 heterocycles. The molecule has 0 radical (unpaired) electrons. The zero-order valence-corrected chi connectivity index (χ0v) is 9.96. The van der Waals surface area contributed by atoms with Crippen molar-refractivity contribution in [1.29, 1.82) is 0 Å².